The number of hydrogen-bond acceptors (Lipinski definition) is 2. The molecule has 0 aromatic carbocycles. The fourth-order valence-electron chi connectivity index (χ4n) is 1.70. The topological polar surface area (TPSA) is 21.6 Å². The second-order valence-corrected chi connectivity index (χ2v) is 3.20. The molecule has 1 unspecified atom stereocenters. The van der Waals surface area contributed by atoms with E-state index in [-0.39, 0.29) is 5.60 Å². The molecule has 0 fully saturated rings. The SMILES string of the molecule is CC1=NO[C@]2(C)C=CCC12. The maximum atomic E-state index is 5.28. The van der Waals surface area contributed by atoms with Crippen molar-refractivity contribution < 1.29 is 4.84 Å². The Labute approximate surface area is 60.6 Å². The largest absolute Gasteiger partial charge is 0.385 e. The van der Waals surface area contributed by atoms with Crippen molar-refractivity contribution in [2.24, 2.45) is 11.1 Å². The number of rotatable bonds is 0. The Kier molecular flexibility index (Phi) is 0.967. The first-order chi connectivity index (χ1) is 4.72. The third-order valence-electron chi connectivity index (χ3n) is 2.40. The Morgan fingerprint density at radius 1 is 1.80 bits per heavy atom. The van der Waals surface area contributed by atoms with Crippen molar-refractivity contribution in [3.63, 3.8) is 0 Å². The fraction of sp³-hybridized carbons (Fsp3) is 0.625. The standard InChI is InChI=1S/C8H11NO/c1-6-7-4-3-5-8(7,2)10-9-6/h3,5,7H,4H2,1-2H3/t7?,8-/m1/s1. The van der Waals surface area contributed by atoms with Crippen LogP contribution in [0.4, 0.5) is 0 Å². The second kappa shape index (κ2) is 1.62. The van der Waals surface area contributed by atoms with E-state index >= 15 is 0 Å². The van der Waals surface area contributed by atoms with Crippen LogP contribution in [0.2, 0.25) is 0 Å². The molecule has 1 aliphatic carbocycles. The Morgan fingerprint density at radius 3 is 3.30 bits per heavy atom. The van der Waals surface area contributed by atoms with Crippen molar-refractivity contribution in [3.8, 4) is 0 Å². The van der Waals surface area contributed by atoms with Crippen molar-refractivity contribution in [1.29, 1.82) is 0 Å². The fourth-order valence-corrected chi connectivity index (χ4v) is 1.70. The minimum atomic E-state index is -0.107. The first-order valence-electron chi connectivity index (χ1n) is 3.63. The van der Waals surface area contributed by atoms with Crippen LogP contribution in [0.25, 0.3) is 0 Å². The Hall–Kier alpha value is -0.790. The number of allylic oxidation sites excluding steroid dienone is 1. The lowest BCUT2D eigenvalue weighted by Gasteiger charge is -2.19. The highest BCUT2D eigenvalue weighted by Gasteiger charge is 2.43. The minimum Gasteiger partial charge on any atom is -0.385 e. The van der Waals surface area contributed by atoms with Crippen LogP contribution < -0.4 is 0 Å². The molecule has 0 spiro atoms. The van der Waals surface area contributed by atoms with E-state index in [2.05, 4.69) is 24.2 Å². The molecule has 0 aromatic rings. The Balaban J connectivity index is 2.32. The van der Waals surface area contributed by atoms with E-state index in [1.165, 1.54) is 0 Å². The van der Waals surface area contributed by atoms with Gasteiger partial charge in [0.25, 0.3) is 0 Å². The van der Waals surface area contributed by atoms with Gasteiger partial charge in [0, 0.05) is 5.92 Å². The first-order valence-corrected chi connectivity index (χ1v) is 3.63. The van der Waals surface area contributed by atoms with E-state index in [1.54, 1.807) is 0 Å². The molecular formula is C8H11NO. The predicted molar refractivity (Wildman–Crippen MR) is 39.8 cm³/mol. The quantitative estimate of drug-likeness (QED) is 0.466. The zero-order chi connectivity index (χ0) is 7.19. The van der Waals surface area contributed by atoms with Crippen LogP contribution >= 0.6 is 0 Å². The number of fused-ring (bicyclic) bond motifs is 1. The first kappa shape index (κ1) is 5.96. The molecule has 0 bridgehead atoms. The van der Waals surface area contributed by atoms with Crippen LogP contribution in [-0.4, -0.2) is 11.3 Å². The average Bonchev–Trinajstić information content (AvgIpc) is 2.35. The molecule has 0 radical (unpaired) electrons. The molecule has 0 saturated heterocycles. The van der Waals surface area contributed by atoms with E-state index in [4.69, 9.17) is 4.84 Å². The highest BCUT2D eigenvalue weighted by Crippen LogP contribution is 2.38. The van der Waals surface area contributed by atoms with Crippen LogP contribution in [0.3, 0.4) is 0 Å². The third-order valence-corrected chi connectivity index (χ3v) is 2.40. The zero-order valence-electron chi connectivity index (χ0n) is 6.29. The molecule has 0 amide bonds. The third kappa shape index (κ3) is 0.564. The lowest BCUT2D eigenvalue weighted by Crippen LogP contribution is -2.28. The van der Waals surface area contributed by atoms with Gasteiger partial charge in [0.15, 0.2) is 5.60 Å². The summed E-state index contributed by atoms with van der Waals surface area (Å²) in [4.78, 5) is 5.28. The number of oxime groups is 1. The van der Waals surface area contributed by atoms with Gasteiger partial charge < -0.3 is 4.84 Å². The van der Waals surface area contributed by atoms with E-state index in [0.717, 1.165) is 12.1 Å². The molecule has 10 heavy (non-hydrogen) atoms. The monoisotopic (exact) mass is 137 g/mol. The summed E-state index contributed by atoms with van der Waals surface area (Å²) in [6.45, 7) is 4.12. The van der Waals surface area contributed by atoms with Gasteiger partial charge in [-0.2, -0.15) is 0 Å². The molecular weight excluding hydrogens is 126 g/mol. The summed E-state index contributed by atoms with van der Waals surface area (Å²) in [5.41, 5.74) is 1.02. The molecule has 2 aliphatic rings. The normalized spacial score (nSPS) is 43.0. The zero-order valence-corrected chi connectivity index (χ0v) is 6.29. The summed E-state index contributed by atoms with van der Waals surface area (Å²) in [6, 6.07) is 0. The molecule has 0 saturated carbocycles. The molecule has 0 N–H and O–H groups in total. The lowest BCUT2D eigenvalue weighted by molar-refractivity contribution is 0.0174. The highest BCUT2D eigenvalue weighted by atomic mass is 16.7. The van der Waals surface area contributed by atoms with E-state index in [9.17, 15) is 0 Å². The van der Waals surface area contributed by atoms with E-state index in [0.29, 0.717) is 5.92 Å². The van der Waals surface area contributed by atoms with Crippen LogP contribution in [-0.2, 0) is 4.84 Å². The van der Waals surface area contributed by atoms with Gasteiger partial charge in [0.2, 0.25) is 0 Å². The van der Waals surface area contributed by atoms with Crippen LogP contribution in [0.15, 0.2) is 17.3 Å². The Morgan fingerprint density at radius 2 is 2.60 bits per heavy atom. The highest BCUT2D eigenvalue weighted by molar-refractivity contribution is 5.87. The van der Waals surface area contributed by atoms with Gasteiger partial charge in [-0.25, -0.2) is 0 Å². The van der Waals surface area contributed by atoms with Gasteiger partial charge in [-0.15, -0.1) is 0 Å². The molecule has 1 aliphatic heterocycles. The van der Waals surface area contributed by atoms with Gasteiger partial charge in [-0.3, -0.25) is 0 Å². The maximum Gasteiger partial charge on any atom is 0.161 e. The summed E-state index contributed by atoms with van der Waals surface area (Å²) in [5, 5.41) is 3.96. The van der Waals surface area contributed by atoms with Crippen LogP contribution in [0.5, 0.6) is 0 Å². The lowest BCUT2D eigenvalue weighted by atomic mass is 9.90. The summed E-state index contributed by atoms with van der Waals surface area (Å²) in [7, 11) is 0. The van der Waals surface area contributed by atoms with Gasteiger partial charge in [0.05, 0.1) is 5.71 Å². The van der Waals surface area contributed by atoms with Crippen molar-refractivity contribution in [2.45, 2.75) is 25.9 Å². The van der Waals surface area contributed by atoms with Crippen molar-refractivity contribution in [1.82, 2.24) is 0 Å². The molecule has 2 rings (SSSR count). The van der Waals surface area contributed by atoms with Crippen molar-refractivity contribution in [3.05, 3.63) is 12.2 Å². The summed E-state index contributed by atoms with van der Waals surface area (Å²) >= 11 is 0. The van der Waals surface area contributed by atoms with Gasteiger partial charge in [-0.05, 0) is 26.3 Å². The summed E-state index contributed by atoms with van der Waals surface area (Å²) in [6.07, 6.45) is 5.37. The van der Waals surface area contributed by atoms with Crippen molar-refractivity contribution >= 4 is 5.71 Å². The second-order valence-electron chi connectivity index (χ2n) is 3.20. The van der Waals surface area contributed by atoms with Gasteiger partial charge in [-0.1, -0.05) is 11.2 Å². The predicted octanol–water partition coefficient (Wildman–Crippen LogP) is 1.73. The molecule has 1 heterocycles. The van der Waals surface area contributed by atoms with Crippen LogP contribution in [0.1, 0.15) is 20.3 Å². The average molecular weight is 137 g/mol. The number of nitrogens with zero attached hydrogens (tertiary/aromatic N) is 1. The van der Waals surface area contributed by atoms with Gasteiger partial charge in [0.1, 0.15) is 0 Å². The minimum absolute atomic E-state index is 0.107. The van der Waals surface area contributed by atoms with Crippen LogP contribution in [0, 0.1) is 5.92 Å². The molecule has 54 valence electrons. The summed E-state index contributed by atoms with van der Waals surface area (Å²) in [5.74, 6) is 0.507. The molecule has 2 atom stereocenters. The van der Waals surface area contributed by atoms with Gasteiger partial charge >= 0.3 is 0 Å². The van der Waals surface area contributed by atoms with E-state index in [1.807, 2.05) is 6.92 Å². The maximum absolute atomic E-state index is 5.28. The smallest absolute Gasteiger partial charge is 0.161 e. The summed E-state index contributed by atoms with van der Waals surface area (Å²) < 4.78 is 0. The number of hydrogen-bond donors (Lipinski definition) is 0. The molecule has 2 nitrogen and oxygen atoms in total. The molecule has 2 heteroatoms. The molecule has 0 aromatic heterocycles. The van der Waals surface area contributed by atoms with E-state index < -0.39 is 0 Å². The van der Waals surface area contributed by atoms with Crippen molar-refractivity contribution in [2.75, 3.05) is 0 Å². The Bertz CT molecular complexity index is 219.